The van der Waals surface area contributed by atoms with E-state index in [0.717, 1.165) is 5.56 Å². The zero-order valence-electron chi connectivity index (χ0n) is 12.0. The molecule has 0 bridgehead atoms. The summed E-state index contributed by atoms with van der Waals surface area (Å²) in [5.74, 6) is 0.119. The standard InChI is InChI=1S/C14H21NO5/c1-10(14(16)17)20-13-8-12(19-3)5-4-11(13)9-15-6-7-18-2/h4-5,8,10,15H,6-7,9H2,1-3H3,(H,16,17). The van der Waals surface area contributed by atoms with Crippen molar-refractivity contribution in [1.29, 1.82) is 0 Å². The van der Waals surface area contributed by atoms with Gasteiger partial charge in [-0.15, -0.1) is 0 Å². The van der Waals surface area contributed by atoms with E-state index >= 15 is 0 Å². The first-order chi connectivity index (χ1) is 9.58. The maximum absolute atomic E-state index is 10.9. The molecule has 0 fully saturated rings. The van der Waals surface area contributed by atoms with E-state index in [1.165, 1.54) is 6.92 Å². The Morgan fingerprint density at radius 1 is 1.40 bits per heavy atom. The molecular weight excluding hydrogens is 262 g/mol. The number of benzene rings is 1. The predicted octanol–water partition coefficient (Wildman–Crippen LogP) is 1.28. The van der Waals surface area contributed by atoms with E-state index in [1.54, 1.807) is 20.3 Å². The van der Waals surface area contributed by atoms with Crippen LogP contribution in [0, 0.1) is 0 Å². The summed E-state index contributed by atoms with van der Waals surface area (Å²) in [7, 11) is 3.19. The summed E-state index contributed by atoms with van der Waals surface area (Å²) in [6.07, 6.45) is -0.917. The van der Waals surface area contributed by atoms with Crippen LogP contribution in [0.2, 0.25) is 0 Å². The maximum Gasteiger partial charge on any atom is 0.344 e. The van der Waals surface area contributed by atoms with Gasteiger partial charge in [-0.05, 0) is 13.0 Å². The first kappa shape index (κ1) is 16.3. The van der Waals surface area contributed by atoms with E-state index in [4.69, 9.17) is 19.3 Å². The van der Waals surface area contributed by atoms with Crippen molar-refractivity contribution in [3.8, 4) is 11.5 Å². The molecule has 0 heterocycles. The molecule has 1 unspecified atom stereocenters. The third-order valence-corrected chi connectivity index (χ3v) is 2.72. The van der Waals surface area contributed by atoms with Gasteiger partial charge in [0.15, 0.2) is 6.10 Å². The highest BCUT2D eigenvalue weighted by Crippen LogP contribution is 2.25. The van der Waals surface area contributed by atoms with Gasteiger partial charge in [0.1, 0.15) is 11.5 Å². The molecule has 0 aromatic heterocycles. The fourth-order valence-electron chi connectivity index (χ4n) is 1.56. The number of carboxylic acids is 1. The van der Waals surface area contributed by atoms with Gasteiger partial charge in [-0.25, -0.2) is 4.79 Å². The van der Waals surface area contributed by atoms with Crippen LogP contribution < -0.4 is 14.8 Å². The summed E-state index contributed by atoms with van der Waals surface area (Å²) < 4.78 is 15.5. The number of carboxylic acid groups (broad SMARTS) is 1. The third-order valence-electron chi connectivity index (χ3n) is 2.72. The molecule has 0 saturated carbocycles. The molecule has 0 aliphatic heterocycles. The van der Waals surface area contributed by atoms with E-state index in [9.17, 15) is 4.79 Å². The average molecular weight is 283 g/mol. The molecule has 0 aliphatic carbocycles. The van der Waals surface area contributed by atoms with Gasteiger partial charge in [0.25, 0.3) is 0 Å². The minimum Gasteiger partial charge on any atom is -0.497 e. The molecule has 0 radical (unpaired) electrons. The third kappa shape index (κ3) is 5.07. The second kappa shape index (κ2) is 8.39. The smallest absolute Gasteiger partial charge is 0.344 e. The Kier molecular flexibility index (Phi) is 6.83. The fraction of sp³-hybridized carbons (Fsp3) is 0.500. The second-order valence-corrected chi connectivity index (χ2v) is 4.24. The van der Waals surface area contributed by atoms with E-state index in [-0.39, 0.29) is 0 Å². The van der Waals surface area contributed by atoms with Gasteiger partial charge in [0.2, 0.25) is 0 Å². The summed E-state index contributed by atoms with van der Waals surface area (Å²) in [5.41, 5.74) is 0.870. The number of rotatable bonds is 9. The molecule has 6 nitrogen and oxygen atoms in total. The number of aliphatic carboxylic acids is 1. The van der Waals surface area contributed by atoms with Gasteiger partial charge in [-0.1, -0.05) is 6.07 Å². The summed E-state index contributed by atoms with van der Waals surface area (Å²) >= 11 is 0. The quantitative estimate of drug-likeness (QED) is 0.665. The van der Waals surface area contributed by atoms with E-state index in [0.29, 0.717) is 31.2 Å². The highest BCUT2D eigenvalue weighted by Gasteiger charge is 2.15. The monoisotopic (exact) mass is 283 g/mol. The number of nitrogens with one attached hydrogen (secondary N) is 1. The first-order valence-electron chi connectivity index (χ1n) is 6.34. The van der Waals surface area contributed by atoms with Crippen molar-refractivity contribution >= 4 is 5.97 Å². The minimum atomic E-state index is -1.01. The lowest BCUT2D eigenvalue weighted by Gasteiger charge is -2.16. The molecule has 6 heteroatoms. The van der Waals surface area contributed by atoms with Crippen LogP contribution in [-0.2, 0) is 16.1 Å². The molecule has 0 amide bonds. The van der Waals surface area contributed by atoms with E-state index in [1.807, 2.05) is 12.1 Å². The molecule has 1 atom stereocenters. The Hall–Kier alpha value is -1.79. The number of methoxy groups -OCH3 is 2. The van der Waals surface area contributed by atoms with Gasteiger partial charge in [-0.3, -0.25) is 0 Å². The van der Waals surface area contributed by atoms with Crippen LogP contribution in [0.3, 0.4) is 0 Å². The summed E-state index contributed by atoms with van der Waals surface area (Å²) in [6.45, 7) is 3.37. The second-order valence-electron chi connectivity index (χ2n) is 4.24. The van der Waals surface area contributed by atoms with Gasteiger partial charge < -0.3 is 24.6 Å². The molecule has 0 saturated heterocycles. The van der Waals surface area contributed by atoms with Gasteiger partial charge in [0, 0.05) is 31.8 Å². The van der Waals surface area contributed by atoms with Gasteiger partial charge >= 0.3 is 5.97 Å². The predicted molar refractivity (Wildman–Crippen MR) is 74.3 cm³/mol. The Labute approximate surface area is 118 Å². The molecule has 0 spiro atoms. The Morgan fingerprint density at radius 2 is 2.15 bits per heavy atom. The van der Waals surface area contributed by atoms with Gasteiger partial charge in [0.05, 0.1) is 13.7 Å². The topological polar surface area (TPSA) is 77.0 Å². The Morgan fingerprint density at radius 3 is 2.75 bits per heavy atom. The summed E-state index contributed by atoms with van der Waals surface area (Å²) in [4.78, 5) is 10.9. The zero-order valence-corrected chi connectivity index (χ0v) is 12.0. The maximum atomic E-state index is 10.9. The average Bonchev–Trinajstić information content (AvgIpc) is 2.44. The molecular formula is C14H21NO5. The molecule has 20 heavy (non-hydrogen) atoms. The SMILES string of the molecule is COCCNCc1ccc(OC)cc1OC(C)C(=O)O. The molecule has 1 aromatic carbocycles. The van der Waals surface area contributed by atoms with Gasteiger partial charge in [-0.2, -0.15) is 0 Å². The fourth-order valence-corrected chi connectivity index (χ4v) is 1.56. The molecule has 112 valence electrons. The number of hydrogen-bond donors (Lipinski definition) is 2. The summed E-state index contributed by atoms with van der Waals surface area (Å²) in [5, 5.41) is 12.1. The lowest BCUT2D eigenvalue weighted by Crippen LogP contribution is -2.24. The Bertz CT molecular complexity index is 436. The lowest BCUT2D eigenvalue weighted by molar-refractivity contribution is -0.144. The van der Waals surface area contributed by atoms with Crippen LogP contribution in [0.5, 0.6) is 11.5 Å². The van der Waals surface area contributed by atoms with E-state index in [2.05, 4.69) is 5.32 Å². The highest BCUT2D eigenvalue weighted by molar-refractivity contribution is 5.72. The lowest BCUT2D eigenvalue weighted by atomic mass is 10.2. The molecule has 1 rings (SSSR count). The van der Waals surface area contributed by atoms with Crippen LogP contribution in [0.1, 0.15) is 12.5 Å². The largest absolute Gasteiger partial charge is 0.497 e. The summed E-state index contributed by atoms with van der Waals surface area (Å²) in [6, 6.07) is 5.35. The molecule has 1 aromatic rings. The van der Waals surface area contributed by atoms with Crippen LogP contribution in [0.25, 0.3) is 0 Å². The van der Waals surface area contributed by atoms with Crippen molar-refractivity contribution in [2.24, 2.45) is 0 Å². The van der Waals surface area contributed by atoms with Crippen molar-refractivity contribution < 1.29 is 24.1 Å². The molecule has 2 N–H and O–H groups in total. The highest BCUT2D eigenvalue weighted by atomic mass is 16.5. The normalized spacial score (nSPS) is 11.9. The van der Waals surface area contributed by atoms with E-state index < -0.39 is 12.1 Å². The first-order valence-corrected chi connectivity index (χ1v) is 6.34. The van der Waals surface area contributed by atoms with Crippen molar-refractivity contribution in [2.45, 2.75) is 19.6 Å². The van der Waals surface area contributed by atoms with Crippen molar-refractivity contribution in [1.82, 2.24) is 5.32 Å². The number of carbonyl (C=O) groups is 1. The van der Waals surface area contributed by atoms with Crippen LogP contribution in [-0.4, -0.2) is 44.6 Å². The van der Waals surface area contributed by atoms with Crippen molar-refractivity contribution in [2.75, 3.05) is 27.4 Å². The molecule has 0 aliphatic rings. The van der Waals surface area contributed by atoms with Crippen molar-refractivity contribution in [3.63, 3.8) is 0 Å². The van der Waals surface area contributed by atoms with Crippen LogP contribution in [0.15, 0.2) is 18.2 Å². The minimum absolute atomic E-state index is 0.504. The number of hydrogen-bond acceptors (Lipinski definition) is 5. The van der Waals surface area contributed by atoms with Crippen molar-refractivity contribution in [3.05, 3.63) is 23.8 Å². The Balaban J connectivity index is 2.78. The zero-order chi connectivity index (χ0) is 15.0. The van der Waals surface area contributed by atoms with Crippen LogP contribution in [0.4, 0.5) is 0 Å². The van der Waals surface area contributed by atoms with Crippen LogP contribution >= 0.6 is 0 Å². The number of ether oxygens (including phenoxy) is 3.